The Morgan fingerprint density at radius 1 is 0.870 bits per heavy atom. The monoisotopic (exact) mass is 317 g/mol. The van der Waals surface area contributed by atoms with E-state index in [0.717, 1.165) is 22.5 Å². The molecule has 1 aromatic heterocycles. The lowest BCUT2D eigenvalue weighted by Crippen LogP contribution is -2.14. The van der Waals surface area contributed by atoms with Crippen molar-refractivity contribution in [3.8, 4) is 28.5 Å². The lowest BCUT2D eigenvalue weighted by Gasteiger charge is -2.17. The fourth-order valence-corrected chi connectivity index (χ4v) is 2.31. The van der Waals surface area contributed by atoms with E-state index in [1.54, 1.807) is 21.3 Å². The molecule has 0 amide bonds. The van der Waals surface area contributed by atoms with Crippen molar-refractivity contribution in [2.45, 2.75) is 13.8 Å². The number of nitrogens with zero attached hydrogens (tertiary/aromatic N) is 3. The molecule has 2 rings (SSSR count). The average Bonchev–Trinajstić information content (AvgIpc) is 2.55. The van der Waals surface area contributed by atoms with E-state index in [-0.39, 0.29) is 0 Å². The van der Waals surface area contributed by atoms with E-state index in [4.69, 9.17) is 14.2 Å². The van der Waals surface area contributed by atoms with Crippen molar-refractivity contribution in [2.75, 3.05) is 40.3 Å². The van der Waals surface area contributed by atoms with E-state index in [1.807, 2.05) is 45.0 Å². The summed E-state index contributed by atoms with van der Waals surface area (Å²) in [5, 5.41) is 0. The Morgan fingerprint density at radius 2 is 1.43 bits per heavy atom. The first-order valence-corrected chi connectivity index (χ1v) is 7.25. The summed E-state index contributed by atoms with van der Waals surface area (Å²) in [6.07, 6.45) is 0. The molecule has 0 N–H and O–H groups in total. The lowest BCUT2D eigenvalue weighted by molar-refractivity contribution is 0.324. The average molecular weight is 317 g/mol. The molecular formula is C17H23N3O3. The molecule has 6 heteroatoms. The van der Waals surface area contributed by atoms with Crippen molar-refractivity contribution in [3.63, 3.8) is 0 Å². The summed E-state index contributed by atoms with van der Waals surface area (Å²) in [6, 6.07) is 3.80. The topological polar surface area (TPSA) is 56.7 Å². The summed E-state index contributed by atoms with van der Waals surface area (Å²) in [4.78, 5) is 11.1. The zero-order valence-electron chi connectivity index (χ0n) is 14.7. The number of aryl methyl sites for hydroxylation is 1. The minimum atomic E-state index is 0.565. The number of hydrogen-bond donors (Lipinski definition) is 0. The van der Waals surface area contributed by atoms with Crippen molar-refractivity contribution in [2.24, 2.45) is 0 Å². The minimum Gasteiger partial charge on any atom is -0.493 e. The third-order valence-electron chi connectivity index (χ3n) is 3.72. The largest absolute Gasteiger partial charge is 0.493 e. The van der Waals surface area contributed by atoms with Gasteiger partial charge in [-0.1, -0.05) is 0 Å². The molecule has 0 atom stereocenters. The molecule has 0 aliphatic carbocycles. The zero-order valence-corrected chi connectivity index (χ0v) is 14.7. The molecule has 124 valence electrons. The zero-order chi connectivity index (χ0) is 17.1. The van der Waals surface area contributed by atoms with Crippen LogP contribution in [0.4, 0.5) is 5.95 Å². The van der Waals surface area contributed by atoms with Crippen LogP contribution in [0.25, 0.3) is 11.3 Å². The Bertz CT molecular complexity index is 689. The highest BCUT2D eigenvalue weighted by molar-refractivity contribution is 5.71. The van der Waals surface area contributed by atoms with Crippen molar-refractivity contribution in [3.05, 3.63) is 23.4 Å². The number of hydrogen-bond acceptors (Lipinski definition) is 6. The summed E-state index contributed by atoms with van der Waals surface area (Å²) in [7, 11) is 8.63. The number of benzene rings is 1. The SMILES string of the molecule is COc1cc(-c2nc(N(C)C)nc(C)c2C)cc(OC)c1OC. The van der Waals surface area contributed by atoms with E-state index < -0.39 is 0 Å². The molecule has 0 saturated heterocycles. The number of ether oxygens (including phenoxy) is 3. The molecule has 0 bridgehead atoms. The van der Waals surface area contributed by atoms with Gasteiger partial charge in [0.1, 0.15) is 0 Å². The quantitative estimate of drug-likeness (QED) is 0.845. The third kappa shape index (κ3) is 3.16. The van der Waals surface area contributed by atoms with Gasteiger partial charge in [-0.15, -0.1) is 0 Å². The molecule has 0 spiro atoms. The summed E-state index contributed by atoms with van der Waals surface area (Å²) in [6.45, 7) is 3.98. The van der Waals surface area contributed by atoms with Crippen LogP contribution in [-0.2, 0) is 0 Å². The van der Waals surface area contributed by atoms with E-state index >= 15 is 0 Å². The molecule has 1 aromatic carbocycles. The summed E-state index contributed by atoms with van der Waals surface area (Å²) < 4.78 is 16.2. The molecule has 0 radical (unpaired) electrons. The predicted molar refractivity (Wildman–Crippen MR) is 90.9 cm³/mol. The van der Waals surface area contributed by atoms with Crippen molar-refractivity contribution in [1.29, 1.82) is 0 Å². The summed E-state index contributed by atoms with van der Waals surface area (Å²) in [5.41, 5.74) is 3.70. The van der Waals surface area contributed by atoms with E-state index in [1.165, 1.54) is 0 Å². The maximum atomic E-state index is 5.43. The maximum absolute atomic E-state index is 5.43. The Labute approximate surface area is 137 Å². The van der Waals surface area contributed by atoms with Gasteiger partial charge in [-0.2, -0.15) is 0 Å². The third-order valence-corrected chi connectivity index (χ3v) is 3.72. The van der Waals surface area contributed by atoms with Crippen LogP contribution < -0.4 is 19.1 Å². The highest BCUT2D eigenvalue weighted by atomic mass is 16.5. The van der Waals surface area contributed by atoms with Gasteiger partial charge in [-0.3, -0.25) is 0 Å². The van der Waals surface area contributed by atoms with E-state index in [2.05, 4.69) is 9.97 Å². The van der Waals surface area contributed by atoms with Crippen molar-refractivity contribution in [1.82, 2.24) is 9.97 Å². The van der Waals surface area contributed by atoms with Crippen LogP contribution in [0, 0.1) is 13.8 Å². The number of rotatable bonds is 5. The molecule has 0 fully saturated rings. The maximum Gasteiger partial charge on any atom is 0.225 e. The van der Waals surface area contributed by atoms with Gasteiger partial charge < -0.3 is 19.1 Å². The van der Waals surface area contributed by atoms with Crippen molar-refractivity contribution >= 4 is 5.95 Å². The summed E-state index contributed by atoms with van der Waals surface area (Å²) in [5.74, 6) is 2.43. The second kappa shape index (κ2) is 6.73. The van der Waals surface area contributed by atoms with Gasteiger partial charge in [-0.25, -0.2) is 9.97 Å². The fraction of sp³-hybridized carbons (Fsp3) is 0.412. The van der Waals surface area contributed by atoms with Gasteiger partial charge >= 0.3 is 0 Å². The number of aromatic nitrogens is 2. The first kappa shape index (κ1) is 16.9. The van der Waals surface area contributed by atoms with Crippen molar-refractivity contribution < 1.29 is 14.2 Å². The van der Waals surface area contributed by atoms with Crippen LogP contribution in [0.3, 0.4) is 0 Å². The molecule has 0 aliphatic heterocycles. The standard InChI is InChI=1S/C17H23N3O3/c1-10-11(2)18-17(20(3)4)19-15(10)12-8-13(21-5)16(23-7)14(9-12)22-6/h8-9H,1-7H3. The van der Waals surface area contributed by atoms with Crippen LogP contribution in [0.15, 0.2) is 12.1 Å². The Morgan fingerprint density at radius 3 is 1.87 bits per heavy atom. The normalized spacial score (nSPS) is 10.4. The molecule has 2 aromatic rings. The van der Waals surface area contributed by atoms with E-state index in [9.17, 15) is 0 Å². The Balaban J connectivity index is 2.71. The molecule has 0 aliphatic rings. The van der Waals surface area contributed by atoms with Gasteiger partial charge in [0.2, 0.25) is 11.7 Å². The molecule has 0 unspecified atom stereocenters. The molecule has 0 saturated carbocycles. The number of methoxy groups -OCH3 is 3. The highest BCUT2D eigenvalue weighted by Gasteiger charge is 2.18. The predicted octanol–water partition coefficient (Wildman–Crippen LogP) is 2.85. The smallest absolute Gasteiger partial charge is 0.225 e. The van der Waals surface area contributed by atoms with Gasteiger partial charge in [-0.05, 0) is 31.5 Å². The molecule has 1 heterocycles. The molecule has 6 nitrogen and oxygen atoms in total. The minimum absolute atomic E-state index is 0.565. The van der Waals surface area contributed by atoms with Gasteiger partial charge in [0.15, 0.2) is 11.5 Å². The van der Waals surface area contributed by atoms with Crippen LogP contribution in [0.2, 0.25) is 0 Å². The first-order chi connectivity index (χ1) is 10.9. The van der Waals surface area contributed by atoms with Crippen LogP contribution in [-0.4, -0.2) is 45.4 Å². The Hall–Kier alpha value is -2.50. The second-order valence-electron chi connectivity index (χ2n) is 5.39. The molecule has 23 heavy (non-hydrogen) atoms. The van der Waals surface area contributed by atoms with E-state index in [0.29, 0.717) is 23.2 Å². The number of anilines is 1. The van der Waals surface area contributed by atoms with Crippen LogP contribution in [0.5, 0.6) is 17.2 Å². The van der Waals surface area contributed by atoms with Crippen LogP contribution >= 0.6 is 0 Å². The Kier molecular flexibility index (Phi) is 4.93. The highest BCUT2D eigenvalue weighted by Crippen LogP contribution is 2.41. The second-order valence-corrected chi connectivity index (χ2v) is 5.39. The van der Waals surface area contributed by atoms with Gasteiger partial charge in [0.05, 0.1) is 27.0 Å². The van der Waals surface area contributed by atoms with Crippen LogP contribution in [0.1, 0.15) is 11.3 Å². The lowest BCUT2D eigenvalue weighted by atomic mass is 10.0. The summed E-state index contributed by atoms with van der Waals surface area (Å²) >= 11 is 0. The van der Waals surface area contributed by atoms with Gasteiger partial charge in [0.25, 0.3) is 0 Å². The fourth-order valence-electron chi connectivity index (χ4n) is 2.31. The first-order valence-electron chi connectivity index (χ1n) is 7.25. The molecular weight excluding hydrogens is 294 g/mol. The van der Waals surface area contributed by atoms with Gasteiger partial charge in [0, 0.05) is 25.4 Å².